The van der Waals surface area contributed by atoms with Crippen LogP contribution in [0.15, 0.2) is 0 Å². The van der Waals surface area contributed by atoms with E-state index in [9.17, 15) is 35.5 Å². The fourth-order valence-corrected chi connectivity index (χ4v) is 2.02. The molecule has 1 rings (SSSR count). The molecular formula is C11H14F7NO. The van der Waals surface area contributed by atoms with Crippen LogP contribution in [-0.2, 0) is 4.79 Å². The second kappa shape index (κ2) is 5.77. The van der Waals surface area contributed by atoms with Gasteiger partial charge < -0.3 is 5.32 Å². The fraction of sp³-hybridized carbons (Fsp3) is 0.909. The predicted octanol–water partition coefficient (Wildman–Crippen LogP) is 3.66. The Morgan fingerprint density at radius 1 is 0.850 bits per heavy atom. The van der Waals surface area contributed by atoms with E-state index in [1.54, 1.807) is 5.32 Å². The summed E-state index contributed by atoms with van der Waals surface area (Å²) in [6.45, 7) is 0. The van der Waals surface area contributed by atoms with Crippen molar-refractivity contribution in [1.29, 1.82) is 0 Å². The molecule has 0 aromatic heterocycles. The van der Waals surface area contributed by atoms with Gasteiger partial charge in [0.25, 0.3) is 5.91 Å². The molecule has 0 aromatic rings. The molecule has 0 aliphatic heterocycles. The number of rotatable bonds is 3. The zero-order valence-corrected chi connectivity index (χ0v) is 10.4. The number of halogens is 7. The largest absolute Gasteiger partial charge is 0.460 e. The van der Waals surface area contributed by atoms with Gasteiger partial charge in [-0.2, -0.15) is 30.7 Å². The highest BCUT2D eigenvalue weighted by molar-refractivity contribution is 5.85. The SMILES string of the molecule is O=C(NC1CCCCCC1)C(F)(F)C(F)(F)C(F)(F)F. The molecule has 0 unspecified atom stereocenters. The van der Waals surface area contributed by atoms with Crippen LogP contribution in [0.4, 0.5) is 30.7 Å². The van der Waals surface area contributed by atoms with Crippen LogP contribution in [0.1, 0.15) is 38.5 Å². The minimum atomic E-state index is -6.49. The predicted molar refractivity (Wildman–Crippen MR) is 55.6 cm³/mol. The highest BCUT2D eigenvalue weighted by atomic mass is 19.4. The molecule has 1 saturated carbocycles. The van der Waals surface area contributed by atoms with E-state index < -0.39 is 30.0 Å². The average molecular weight is 309 g/mol. The molecule has 1 fully saturated rings. The van der Waals surface area contributed by atoms with Gasteiger partial charge >= 0.3 is 18.0 Å². The number of hydrogen-bond donors (Lipinski definition) is 1. The molecule has 2 nitrogen and oxygen atoms in total. The topological polar surface area (TPSA) is 29.1 Å². The van der Waals surface area contributed by atoms with Gasteiger partial charge in [0.2, 0.25) is 0 Å². The van der Waals surface area contributed by atoms with Gasteiger partial charge in [0, 0.05) is 6.04 Å². The lowest BCUT2D eigenvalue weighted by Crippen LogP contribution is -2.60. The van der Waals surface area contributed by atoms with Crippen LogP contribution in [0.25, 0.3) is 0 Å². The van der Waals surface area contributed by atoms with Gasteiger partial charge in [-0.25, -0.2) is 0 Å². The summed E-state index contributed by atoms with van der Waals surface area (Å²) in [5.41, 5.74) is 0. The lowest BCUT2D eigenvalue weighted by atomic mass is 10.1. The van der Waals surface area contributed by atoms with Crippen LogP contribution < -0.4 is 5.32 Å². The van der Waals surface area contributed by atoms with E-state index in [-0.39, 0.29) is 0 Å². The van der Waals surface area contributed by atoms with Crippen LogP contribution in [-0.4, -0.2) is 30.0 Å². The van der Waals surface area contributed by atoms with Crippen molar-refractivity contribution in [3.8, 4) is 0 Å². The Kier molecular flexibility index (Phi) is 4.91. The third-order valence-electron chi connectivity index (χ3n) is 3.23. The summed E-state index contributed by atoms with van der Waals surface area (Å²) in [5, 5.41) is 1.61. The van der Waals surface area contributed by atoms with Crippen LogP contribution in [0.5, 0.6) is 0 Å². The quantitative estimate of drug-likeness (QED) is 0.625. The van der Waals surface area contributed by atoms with Gasteiger partial charge in [-0.1, -0.05) is 25.7 Å². The summed E-state index contributed by atoms with van der Waals surface area (Å²) >= 11 is 0. The van der Waals surface area contributed by atoms with Crippen molar-refractivity contribution in [3.05, 3.63) is 0 Å². The Hall–Kier alpha value is -1.02. The van der Waals surface area contributed by atoms with Crippen molar-refractivity contribution in [1.82, 2.24) is 5.32 Å². The highest BCUT2D eigenvalue weighted by Crippen LogP contribution is 2.46. The molecule has 1 aliphatic carbocycles. The van der Waals surface area contributed by atoms with E-state index in [1.165, 1.54) is 0 Å². The van der Waals surface area contributed by atoms with Crippen LogP contribution in [0.3, 0.4) is 0 Å². The summed E-state index contributed by atoms with van der Waals surface area (Å²) in [6, 6.07) is -0.792. The van der Waals surface area contributed by atoms with Crippen molar-refractivity contribution in [2.24, 2.45) is 0 Å². The van der Waals surface area contributed by atoms with E-state index in [4.69, 9.17) is 0 Å². The zero-order chi connectivity index (χ0) is 15.6. The lowest BCUT2D eigenvalue weighted by Gasteiger charge is -2.28. The van der Waals surface area contributed by atoms with Gasteiger partial charge in [0.1, 0.15) is 0 Å². The summed E-state index contributed by atoms with van der Waals surface area (Å²) < 4.78 is 87.2. The first-order chi connectivity index (χ1) is 9.00. The molecule has 1 aliphatic rings. The third-order valence-corrected chi connectivity index (χ3v) is 3.23. The normalized spacial score (nSPS) is 19.6. The van der Waals surface area contributed by atoms with Crippen LogP contribution in [0.2, 0.25) is 0 Å². The molecule has 20 heavy (non-hydrogen) atoms. The van der Waals surface area contributed by atoms with Crippen molar-refractivity contribution in [2.45, 2.75) is 62.6 Å². The van der Waals surface area contributed by atoms with E-state index >= 15 is 0 Å². The van der Waals surface area contributed by atoms with Crippen molar-refractivity contribution in [3.63, 3.8) is 0 Å². The smallest absolute Gasteiger partial charge is 0.348 e. The van der Waals surface area contributed by atoms with E-state index in [1.807, 2.05) is 0 Å². The second-order valence-electron chi connectivity index (χ2n) is 4.81. The number of nitrogens with one attached hydrogen (secondary N) is 1. The molecule has 118 valence electrons. The molecule has 0 heterocycles. The first-order valence-corrected chi connectivity index (χ1v) is 6.13. The van der Waals surface area contributed by atoms with Gasteiger partial charge in [0.05, 0.1) is 0 Å². The summed E-state index contributed by atoms with van der Waals surface area (Å²) in [5.74, 6) is -14.8. The first kappa shape index (κ1) is 17.0. The summed E-state index contributed by atoms with van der Waals surface area (Å²) in [4.78, 5) is 11.1. The molecule has 0 atom stereocenters. The van der Waals surface area contributed by atoms with Crippen LogP contribution in [0, 0.1) is 0 Å². The molecule has 1 amide bonds. The first-order valence-electron chi connectivity index (χ1n) is 6.13. The number of amides is 1. The van der Waals surface area contributed by atoms with Crippen molar-refractivity contribution in [2.75, 3.05) is 0 Å². The number of carbonyl (C=O) groups is 1. The maximum atomic E-state index is 13.1. The van der Waals surface area contributed by atoms with Gasteiger partial charge in [0.15, 0.2) is 0 Å². The number of carbonyl (C=O) groups excluding carboxylic acids is 1. The molecule has 0 saturated heterocycles. The minimum absolute atomic E-state index is 0.291. The Morgan fingerprint density at radius 3 is 1.70 bits per heavy atom. The molecule has 0 bridgehead atoms. The monoisotopic (exact) mass is 309 g/mol. The lowest BCUT2D eigenvalue weighted by molar-refractivity contribution is -0.344. The average Bonchev–Trinajstić information content (AvgIpc) is 2.55. The van der Waals surface area contributed by atoms with Gasteiger partial charge in [-0.05, 0) is 12.8 Å². The minimum Gasteiger partial charge on any atom is -0.348 e. The standard InChI is InChI=1S/C11H14F7NO/c12-9(13,10(14,15)11(16,17)18)8(20)19-7-5-3-1-2-4-6-7/h7H,1-6H2,(H,19,20). The fourth-order valence-electron chi connectivity index (χ4n) is 2.02. The Bertz CT molecular complexity index is 345. The number of alkyl halides is 7. The molecule has 0 radical (unpaired) electrons. The highest BCUT2D eigenvalue weighted by Gasteiger charge is 2.76. The number of hydrogen-bond acceptors (Lipinski definition) is 1. The second-order valence-corrected chi connectivity index (χ2v) is 4.81. The van der Waals surface area contributed by atoms with E-state index in [2.05, 4.69) is 0 Å². The summed E-state index contributed by atoms with van der Waals surface area (Å²) in [7, 11) is 0. The van der Waals surface area contributed by atoms with Crippen LogP contribution >= 0.6 is 0 Å². The Balaban J connectivity index is 2.78. The molecular weight excluding hydrogens is 295 g/mol. The Morgan fingerprint density at radius 2 is 1.30 bits per heavy atom. The maximum Gasteiger partial charge on any atom is 0.460 e. The van der Waals surface area contributed by atoms with E-state index in [0.717, 1.165) is 12.8 Å². The molecule has 1 N–H and O–H groups in total. The van der Waals surface area contributed by atoms with Gasteiger partial charge in [-0.15, -0.1) is 0 Å². The van der Waals surface area contributed by atoms with Crippen molar-refractivity contribution < 1.29 is 35.5 Å². The van der Waals surface area contributed by atoms with Crippen molar-refractivity contribution >= 4 is 5.91 Å². The van der Waals surface area contributed by atoms with E-state index in [0.29, 0.717) is 25.7 Å². The molecule has 0 aromatic carbocycles. The molecule has 0 spiro atoms. The zero-order valence-electron chi connectivity index (χ0n) is 10.4. The molecule has 9 heteroatoms. The summed E-state index contributed by atoms with van der Waals surface area (Å²) in [6.07, 6.45) is -3.09. The Labute approximate surface area is 110 Å². The maximum absolute atomic E-state index is 13.1. The third kappa shape index (κ3) is 3.35. The van der Waals surface area contributed by atoms with Gasteiger partial charge in [-0.3, -0.25) is 4.79 Å².